The van der Waals surface area contributed by atoms with Crippen molar-refractivity contribution in [3.8, 4) is 5.75 Å². The minimum Gasteiger partial charge on any atom is -0.497 e. The SMILES string of the molecule is COc1ccc(COC(=O)C2=C(C)NC(=O)C[C@@H]2c2ccccc2F)cc1. The van der Waals surface area contributed by atoms with Gasteiger partial charge in [0.05, 0.1) is 12.7 Å². The standard InChI is InChI=1S/C21H20FNO4/c1-13-20(21(25)27-12-14-7-9-15(26-2)10-8-14)17(11-19(24)23-13)16-5-3-4-6-18(16)22/h3-10,17H,11-12H2,1-2H3,(H,23,24)/t17-/m1/s1. The van der Waals surface area contributed by atoms with Crippen LogP contribution in [0.15, 0.2) is 59.8 Å². The number of ether oxygens (including phenoxy) is 2. The summed E-state index contributed by atoms with van der Waals surface area (Å²) < 4.78 is 24.8. The number of nitrogens with one attached hydrogen (secondary N) is 1. The summed E-state index contributed by atoms with van der Waals surface area (Å²) in [7, 11) is 1.57. The minimum absolute atomic E-state index is 0.00869. The predicted octanol–water partition coefficient (Wildman–Crippen LogP) is 3.46. The van der Waals surface area contributed by atoms with Gasteiger partial charge in [-0.3, -0.25) is 4.79 Å². The van der Waals surface area contributed by atoms with Gasteiger partial charge < -0.3 is 14.8 Å². The number of hydrogen-bond acceptors (Lipinski definition) is 4. The van der Waals surface area contributed by atoms with Gasteiger partial charge in [-0.15, -0.1) is 0 Å². The molecule has 0 aromatic heterocycles. The van der Waals surface area contributed by atoms with Gasteiger partial charge >= 0.3 is 5.97 Å². The second-order valence-corrected chi connectivity index (χ2v) is 6.29. The summed E-state index contributed by atoms with van der Waals surface area (Å²) in [6.45, 7) is 1.69. The van der Waals surface area contributed by atoms with E-state index in [0.717, 1.165) is 5.56 Å². The molecule has 1 atom stereocenters. The number of amides is 1. The maximum Gasteiger partial charge on any atom is 0.336 e. The number of hydrogen-bond donors (Lipinski definition) is 1. The molecular formula is C21H20FNO4. The van der Waals surface area contributed by atoms with E-state index in [-0.39, 0.29) is 24.5 Å². The first-order valence-electron chi connectivity index (χ1n) is 8.54. The van der Waals surface area contributed by atoms with Crippen LogP contribution in [0.5, 0.6) is 5.75 Å². The number of benzene rings is 2. The first-order valence-corrected chi connectivity index (χ1v) is 8.54. The molecule has 2 aromatic rings. The second kappa shape index (κ2) is 8.03. The molecule has 6 heteroatoms. The molecule has 0 spiro atoms. The Morgan fingerprint density at radius 3 is 2.56 bits per heavy atom. The molecule has 2 aromatic carbocycles. The molecule has 1 amide bonds. The molecule has 1 N–H and O–H groups in total. The average molecular weight is 369 g/mol. The maximum absolute atomic E-state index is 14.3. The molecular weight excluding hydrogens is 349 g/mol. The highest BCUT2D eigenvalue weighted by Gasteiger charge is 2.34. The number of allylic oxidation sites excluding steroid dienone is 1. The van der Waals surface area contributed by atoms with E-state index < -0.39 is 17.7 Å². The average Bonchev–Trinajstić information content (AvgIpc) is 2.66. The molecule has 0 fully saturated rings. The predicted molar refractivity (Wildman–Crippen MR) is 97.4 cm³/mol. The molecule has 1 aliphatic rings. The summed E-state index contributed by atoms with van der Waals surface area (Å²) in [6.07, 6.45) is -0.00869. The summed E-state index contributed by atoms with van der Waals surface area (Å²) in [5, 5.41) is 2.64. The highest BCUT2D eigenvalue weighted by Crippen LogP contribution is 2.34. The molecule has 140 valence electrons. The van der Waals surface area contributed by atoms with E-state index in [9.17, 15) is 14.0 Å². The van der Waals surface area contributed by atoms with Gasteiger partial charge in [0.15, 0.2) is 0 Å². The van der Waals surface area contributed by atoms with Gasteiger partial charge in [0, 0.05) is 18.0 Å². The van der Waals surface area contributed by atoms with Gasteiger partial charge in [-0.2, -0.15) is 0 Å². The fourth-order valence-corrected chi connectivity index (χ4v) is 3.14. The van der Waals surface area contributed by atoms with Crippen LogP contribution >= 0.6 is 0 Å². The molecule has 5 nitrogen and oxygen atoms in total. The molecule has 27 heavy (non-hydrogen) atoms. The maximum atomic E-state index is 14.3. The highest BCUT2D eigenvalue weighted by molar-refractivity contribution is 5.95. The number of halogens is 1. The van der Waals surface area contributed by atoms with Crippen molar-refractivity contribution in [2.75, 3.05) is 7.11 Å². The van der Waals surface area contributed by atoms with Crippen LogP contribution in [0, 0.1) is 5.82 Å². The van der Waals surface area contributed by atoms with Crippen molar-refractivity contribution in [1.82, 2.24) is 5.32 Å². The van der Waals surface area contributed by atoms with E-state index in [1.54, 1.807) is 56.5 Å². The second-order valence-electron chi connectivity index (χ2n) is 6.29. The first-order chi connectivity index (χ1) is 13.0. The largest absolute Gasteiger partial charge is 0.497 e. The van der Waals surface area contributed by atoms with Gasteiger partial charge in [0.2, 0.25) is 5.91 Å². The van der Waals surface area contributed by atoms with Gasteiger partial charge in [0.25, 0.3) is 0 Å². The zero-order valence-corrected chi connectivity index (χ0v) is 15.1. The lowest BCUT2D eigenvalue weighted by Crippen LogP contribution is -2.34. The van der Waals surface area contributed by atoms with Crippen molar-refractivity contribution in [3.05, 3.63) is 76.7 Å². The van der Waals surface area contributed by atoms with Crippen LogP contribution in [0.2, 0.25) is 0 Å². The molecule has 0 aliphatic carbocycles. The Kier molecular flexibility index (Phi) is 5.54. The van der Waals surface area contributed by atoms with Crippen LogP contribution in [0.25, 0.3) is 0 Å². The van der Waals surface area contributed by atoms with Crippen molar-refractivity contribution < 1.29 is 23.5 Å². The summed E-state index contributed by atoms with van der Waals surface area (Å²) in [5.74, 6) is -1.25. The molecule has 0 unspecified atom stereocenters. The fraction of sp³-hybridized carbons (Fsp3) is 0.238. The first kappa shape index (κ1) is 18.6. The molecule has 0 bridgehead atoms. The number of carbonyl (C=O) groups excluding carboxylic acids is 2. The minimum atomic E-state index is -0.677. The van der Waals surface area contributed by atoms with Crippen LogP contribution in [-0.2, 0) is 20.9 Å². The van der Waals surface area contributed by atoms with Crippen molar-refractivity contribution in [3.63, 3.8) is 0 Å². The van der Waals surface area contributed by atoms with Crippen LogP contribution in [0.3, 0.4) is 0 Å². The third-order valence-corrected chi connectivity index (χ3v) is 4.50. The van der Waals surface area contributed by atoms with E-state index in [4.69, 9.17) is 9.47 Å². The third-order valence-electron chi connectivity index (χ3n) is 4.50. The van der Waals surface area contributed by atoms with Crippen LogP contribution in [-0.4, -0.2) is 19.0 Å². The zero-order chi connectivity index (χ0) is 19.4. The van der Waals surface area contributed by atoms with Crippen molar-refractivity contribution >= 4 is 11.9 Å². The Bertz CT molecular complexity index is 889. The Morgan fingerprint density at radius 1 is 1.19 bits per heavy atom. The molecule has 0 saturated heterocycles. The van der Waals surface area contributed by atoms with Crippen LogP contribution in [0.4, 0.5) is 4.39 Å². The summed E-state index contributed by atoms with van der Waals surface area (Å²) >= 11 is 0. The molecule has 1 aliphatic heterocycles. The summed E-state index contributed by atoms with van der Waals surface area (Å²) in [4.78, 5) is 24.7. The summed E-state index contributed by atoms with van der Waals surface area (Å²) in [6, 6.07) is 13.3. The van der Waals surface area contributed by atoms with Crippen molar-refractivity contribution in [2.45, 2.75) is 25.9 Å². The normalized spacial score (nSPS) is 16.7. The number of carbonyl (C=O) groups is 2. The number of esters is 1. The monoisotopic (exact) mass is 369 g/mol. The summed E-state index contributed by atoms with van der Waals surface area (Å²) in [5.41, 5.74) is 1.76. The Labute approximate surface area is 156 Å². The smallest absolute Gasteiger partial charge is 0.336 e. The van der Waals surface area contributed by atoms with Crippen LogP contribution in [0.1, 0.15) is 30.4 Å². The zero-order valence-electron chi connectivity index (χ0n) is 15.1. The van der Waals surface area contributed by atoms with E-state index in [1.165, 1.54) is 6.07 Å². The number of methoxy groups -OCH3 is 1. The highest BCUT2D eigenvalue weighted by atomic mass is 19.1. The fourth-order valence-electron chi connectivity index (χ4n) is 3.14. The topological polar surface area (TPSA) is 64.6 Å². The molecule has 0 radical (unpaired) electrons. The Morgan fingerprint density at radius 2 is 1.89 bits per heavy atom. The van der Waals surface area contributed by atoms with Crippen molar-refractivity contribution in [2.24, 2.45) is 0 Å². The number of rotatable bonds is 5. The van der Waals surface area contributed by atoms with E-state index in [2.05, 4.69) is 5.32 Å². The molecule has 1 heterocycles. The van der Waals surface area contributed by atoms with Gasteiger partial charge in [0.1, 0.15) is 18.2 Å². The lowest BCUT2D eigenvalue weighted by Gasteiger charge is -2.26. The van der Waals surface area contributed by atoms with Gasteiger partial charge in [-0.1, -0.05) is 30.3 Å². The molecule has 3 rings (SSSR count). The van der Waals surface area contributed by atoms with E-state index in [0.29, 0.717) is 17.0 Å². The third kappa shape index (κ3) is 4.16. The van der Waals surface area contributed by atoms with Crippen molar-refractivity contribution in [1.29, 1.82) is 0 Å². The van der Waals surface area contributed by atoms with Crippen LogP contribution < -0.4 is 10.1 Å². The van der Waals surface area contributed by atoms with Gasteiger partial charge in [-0.05, 0) is 36.2 Å². The Hall–Kier alpha value is -3.15. The molecule has 0 saturated carbocycles. The quantitative estimate of drug-likeness (QED) is 0.820. The lowest BCUT2D eigenvalue weighted by molar-refractivity contribution is -0.141. The Balaban J connectivity index is 1.82. The van der Waals surface area contributed by atoms with E-state index >= 15 is 0 Å². The lowest BCUT2D eigenvalue weighted by atomic mass is 9.84. The van der Waals surface area contributed by atoms with Gasteiger partial charge in [-0.25, -0.2) is 9.18 Å². The van der Waals surface area contributed by atoms with E-state index in [1.807, 2.05) is 0 Å².